The highest BCUT2D eigenvalue weighted by atomic mass is 19.1. The molecule has 1 N–H and O–H groups in total. The van der Waals surface area contributed by atoms with Crippen LogP contribution in [0.25, 0.3) is 0 Å². The first-order chi connectivity index (χ1) is 11.5. The zero-order valence-corrected chi connectivity index (χ0v) is 13.9. The molecule has 3 rings (SSSR count). The third kappa shape index (κ3) is 3.69. The summed E-state index contributed by atoms with van der Waals surface area (Å²) in [6, 6.07) is 7.88. The van der Waals surface area contributed by atoms with E-state index in [0.29, 0.717) is 24.7 Å². The second-order valence-electron chi connectivity index (χ2n) is 6.02. The van der Waals surface area contributed by atoms with Gasteiger partial charge < -0.3 is 10.2 Å². The summed E-state index contributed by atoms with van der Waals surface area (Å²) < 4.78 is 13.0. The molecule has 0 aliphatic carbocycles. The lowest BCUT2D eigenvalue weighted by molar-refractivity contribution is -0.128. The van der Waals surface area contributed by atoms with Crippen LogP contribution in [0.5, 0.6) is 0 Å². The van der Waals surface area contributed by atoms with Gasteiger partial charge in [-0.25, -0.2) is 14.4 Å². The Kier molecular flexibility index (Phi) is 4.74. The van der Waals surface area contributed by atoms with Crippen LogP contribution in [0.3, 0.4) is 0 Å². The van der Waals surface area contributed by atoms with E-state index in [2.05, 4.69) is 15.3 Å². The Morgan fingerprint density at radius 1 is 1.29 bits per heavy atom. The summed E-state index contributed by atoms with van der Waals surface area (Å²) in [4.78, 5) is 23.1. The molecule has 126 valence electrons. The summed E-state index contributed by atoms with van der Waals surface area (Å²) in [6.07, 6.45) is 1.55. The molecule has 2 heterocycles. The van der Waals surface area contributed by atoms with Crippen LogP contribution in [0.2, 0.25) is 0 Å². The SMILES string of the molecule is CCc1cc(NC2CCN(Cc3ccc(F)cc3)C2=O)nc(C)n1. The first kappa shape index (κ1) is 16.4. The summed E-state index contributed by atoms with van der Waals surface area (Å²) in [5.74, 6) is 1.18. The number of anilines is 1. The van der Waals surface area contributed by atoms with Crippen molar-refractivity contribution in [3.63, 3.8) is 0 Å². The minimum Gasteiger partial charge on any atom is -0.358 e. The minimum atomic E-state index is -0.274. The third-order valence-corrected chi connectivity index (χ3v) is 4.16. The van der Waals surface area contributed by atoms with Crippen molar-refractivity contribution < 1.29 is 9.18 Å². The van der Waals surface area contributed by atoms with Crippen LogP contribution < -0.4 is 5.32 Å². The molecule has 1 saturated heterocycles. The fourth-order valence-electron chi connectivity index (χ4n) is 2.90. The Labute approximate surface area is 140 Å². The molecule has 24 heavy (non-hydrogen) atoms. The van der Waals surface area contributed by atoms with Crippen LogP contribution in [-0.2, 0) is 17.8 Å². The summed E-state index contributed by atoms with van der Waals surface area (Å²) in [5.41, 5.74) is 1.88. The van der Waals surface area contributed by atoms with Gasteiger partial charge >= 0.3 is 0 Å². The van der Waals surface area contributed by atoms with Gasteiger partial charge in [-0.15, -0.1) is 0 Å². The fourth-order valence-corrected chi connectivity index (χ4v) is 2.90. The van der Waals surface area contributed by atoms with E-state index in [4.69, 9.17) is 0 Å². The van der Waals surface area contributed by atoms with E-state index in [9.17, 15) is 9.18 Å². The van der Waals surface area contributed by atoms with Crippen molar-refractivity contribution in [2.45, 2.75) is 39.3 Å². The molecule has 0 saturated carbocycles. The number of rotatable bonds is 5. The Bertz CT molecular complexity index is 732. The second-order valence-corrected chi connectivity index (χ2v) is 6.02. The Morgan fingerprint density at radius 2 is 2.04 bits per heavy atom. The summed E-state index contributed by atoms with van der Waals surface area (Å²) in [7, 11) is 0. The highest BCUT2D eigenvalue weighted by Crippen LogP contribution is 2.19. The summed E-state index contributed by atoms with van der Waals surface area (Å²) in [6.45, 7) is 5.07. The van der Waals surface area contributed by atoms with Gasteiger partial charge in [0.15, 0.2) is 0 Å². The van der Waals surface area contributed by atoms with Crippen LogP contribution in [0, 0.1) is 12.7 Å². The molecule has 1 aliphatic rings. The lowest BCUT2D eigenvalue weighted by atomic mass is 10.2. The number of nitrogens with zero attached hydrogens (tertiary/aromatic N) is 3. The van der Waals surface area contributed by atoms with E-state index >= 15 is 0 Å². The molecule has 0 radical (unpaired) electrons. The van der Waals surface area contributed by atoms with Crippen molar-refractivity contribution in [1.29, 1.82) is 0 Å². The Balaban J connectivity index is 1.65. The smallest absolute Gasteiger partial charge is 0.245 e. The van der Waals surface area contributed by atoms with E-state index in [-0.39, 0.29) is 17.8 Å². The number of hydrogen-bond acceptors (Lipinski definition) is 4. The number of hydrogen-bond donors (Lipinski definition) is 1. The molecule has 0 spiro atoms. The molecule has 5 nitrogen and oxygen atoms in total. The number of aromatic nitrogens is 2. The summed E-state index contributed by atoms with van der Waals surface area (Å²) in [5, 5.41) is 3.23. The van der Waals surface area contributed by atoms with Gasteiger partial charge in [-0.1, -0.05) is 19.1 Å². The van der Waals surface area contributed by atoms with Crippen LogP contribution in [0.1, 0.15) is 30.4 Å². The monoisotopic (exact) mass is 328 g/mol. The number of halogens is 1. The maximum absolute atomic E-state index is 13.0. The van der Waals surface area contributed by atoms with Gasteiger partial charge in [0.1, 0.15) is 23.5 Å². The molecule has 1 aromatic heterocycles. The van der Waals surface area contributed by atoms with Gasteiger partial charge in [0.25, 0.3) is 0 Å². The first-order valence-corrected chi connectivity index (χ1v) is 8.19. The highest BCUT2D eigenvalue weighted by molar-refractivity contribution is 5.86. The van der Waals surface area contributed by atoms with Crippen LogP contribution >= 0.6 is 0 Å². The number of carbonyl (C=O) groups is 1. The Hall–Kier alpha value is -2.50. The van der Waals surface area contributed by atoms with Gasteiger partial charge in [-0.2, -0.15) is 0 Å². The normalized spacial score (nSPS) is 17.4. The van der Waals surface area contributed by atoms with Gasteiger partial charge in [0, 0.05) is 24.8 Å². The lowest BCUT2D eigenvalue weighted by Crippen LogP contribution is -2.33. The Morgan fingerprint density at radius 3 is 2.75 bits per heavy atom. The number of carbonyl (C=O) groups excluding carboxylic acids is 1. The number of likely N-dealkylation sites (tertiary alicyclic amines) is 1. The van der Waals surface area contributed by atoms with Crippen molar-refractivity contribution in [2.24, 2.45) is 0 Å². The maximum Gasteiger partial charge on any atom is 0.245 e. The number of amides is 1. The van der Waals surface area contributed by atoms with E-state index in [0.717, 1.165) is 24.1 Å². The van der Waals surface area contributed by atoms with Gasteiger partial charge in [0.2, 0.25) is 5.91 Å². The van der Waals surface area contributed by atoms with Crippen LogP contribution in [0.15, 0.2) is 30.3 Å². The van der Waals surface area contributed by atoms with Crippen molar-refractivity contribution in [3.8, 4) is 0 Å². The minimum absolute atomic E-state index is 0.0497. The van der Waals surface area contributed by atoms with Crippen molar-refractivity contribution in [2.75, 3.05) is 11.9 Å². The van der Waals surface area contributed by atoms with Crippen molar-refractivity contribution >= 4 is 11.7 Å². The lowest BCUT2D eigenvalue weighted by Gasteiger charge is -2.17. The molecule has 1 atom stereocenters. The van der Waals surface area contributed by atoms with Crippen LogP contribution in [0.4, 0.5) is 10.2 Å². The van der Waals surface area contributed by atoms with Crippen LogP contribution in [-0.4, -0.2) is 33.4 Å². The molecule has 1 aliphatic heterocycles. The zero-order chi connectivity index (χ0) is 17.1. The zero-order valence-electron chi connectivity index (χ0n) is 13.9. The van der Waals surface area contributed by atoms with E-state index in [1.807, 2.05) is 19.9 Å². The predicted octanol–water partition coefficient (Wildman–Crippen LogP) is 2.70. The first-order valence-electron chi connectivity index (χ1n) is 8.19. The highest BCUT2D eigenvalue weighted by Gasteiger charge is 2.31. The quantitative estimate of drug-likeness (QED) is 0.917. The average molecular weight is 328 g/mol. The van der Waals surface area contributed by atoms with E-state index < -0.39 is 0 Å². The molecule has 1 fully saturated rings. The largest absolute Gasteiger partial charge is 0.358 e. The van der Waals surface area contributed by atoms with Crippen molar-refractivity contribution in [3.05, 3.63) is 53.2 Å². The third-order valence-electron chi connectivity index (χ3n) is 4.16. The predicted molar refractivity (Wildman–Crippen MR) is 90.0 cm³/mol. The average Bonchev–Trinajstić information content (AvgIpc) is 2.89. The van der Waals surface area contributed by atoms with Gasteiger partial charge in [-0.3, -0.25) is 4.79 Å². The molecular formula is C18H21FN4O. The standard InChI is InChI=1S/C18H21FN4O/c1-3-15-10-17(21-12(2)20-15)22-16-8-9-23(18(16)24)11-13-4-6-14(19)7-5-13/h4-7,10,16H,3,8-9,11H2,1-2H3,(H,20,21,22). The molecular weight excluding hydrogens is 307 g/mol. The van der Waals surface area contributed by atoms with Gasteiger partial charge in [-0.05, 0) is 37.5 Å². The molecule has 6 heteroatoms. The maximum atomic E-state index is 13.0. The second kappa shape index (κ2) is 6.95. The topological polar surface area (TPSA) is 58.1 Å². The molecule has 1 unspecified atom stereocenters. The number of nitrogens with one attached hydrogen (secondary N) is 1. The number of aryl methyl sites for hydroxylation is 2. The molecule has 2 aromatic rings. The molecule has 1 amide bonds. The molecule has 0 bridgehead atoms. The number of benzene rings is 1. The van der Waals surface area contributed by atoms with E-state index in [1.54, 1.807) is 17.0 Å². The summed E-state index contributed by atoms with van der Waals surface area (Å²) >= 11 is 0. The molecule has 1 aromatic carbocycles. The van der Waals surface area contributed by atoms with Gasteiger partial charge in [0.05, 0.1) is 0 Å². The fraction of sp³-hybridized carbons (Fsp3) is 0.389. The van der Waals surface area contributed by atoms with E-state index in [1.165, 1.54) is 12.1 Å². The van der Waals surface area contributed by atoms with Crippen molar-refractivity contribution in [1.82, 2.24) is 14.9 Å².